The third kappa shape index (κ3) is 4.05. The fourth-order valence-electron chi connectivity index (χ4n) is 2.99. The van der Waals surface area contributed by atoms with Gasteiger partial charge < -0.3 is 5.32 Å². The fraction of sp³-hybridized carbons (Fsp3) is 0.0952. The Bertz CT molecular complexity index is 1130. The van der Waals surface area contributed by atoms with Crippen LogP contribution in [0.2, 0.25) is 0 Å². The second kappa shape index (κ2) is 7.69. The zero-order chi connectivity index (χ0) is 19.6. The van der Waals surface area contributed by atoms with Crippen LogP contribution in [0.25, 0.3) is 0 Å². The topological polar surface area (TPSA) is 75.3 Å². The van der Waals surface area contributed by atoms with Gasteiger partial charge in [-0.05, 0) is 41.5 Å². The summed E-state index contributed by atoms with van der Waals surface area (Å²) in [5.74, 6) is 0.617. The second-order valence-corrected chi connectivity index (χ2v) is 9.12. The molecule has 2 N–H and O–H groups in total. The van der Waals surface area contributed by atoms with Gasteiger partial charge in [0.05, 0.1) is 17.0 Å². The number of carbonyl (C=O) groups excluding carboxylic acids is 1. The second-order valence-electron chi connectivity index (χ2n) is 6.42. The van der Waals surface area contributed by atoms with Crippen LogP contribution in [-0.4, -0.2) is 14.3 Å². The van der Waals surface area contributed by atoms with Gasteiger partial charge in [0.2, 0.25) is 5.91 Å². The minimum Gasteiger partial charge on any atom is -0.326 e. The lowest BCUT2D eigenvalue weighted by Crippen LogP contribution is -2.13. The minimum atomic E-state index is -3.76. The van der Waals surface area contributed by atoms with E-state index in [9.17, 15) is 13.2 Å². The molecule has 0 bridgehead atoms. The van der Waals surface area contributed by atoms with Crippen molar-refractivity contribution < 1.29 is 13.2 Å². The molecule has 1 heterocycles. The average Bonchev–Trinajstić information content (AvgIpc) is 3.07. The maximum absolute atomic E-state index is 12.9. The van der Waals surface area contributed by atoms with Crippen LogP contribution in [0.15, 0.2) is 82.6 Å². The van der Waals surface area contributed by atoms with E-state index >= 15 is 0 Å². The monoisotopic (exact) mass is 410 g/mol. The third-order valence-corrected chi connectivity index (χ3v) is 6.89. The summed E-state index contributed by atoms with van der Waals surface area (Å²) in [6.45, 7) is 0. The highest BCUT2D eigenvalue weighted by Gasteiger charge is 2.22. The lowest BCUT2D eigenvalue weighted by Gasteiger charge is -2.13. The number of carbonyl (C=O) groups is 1. The number of fused-ring (bicyclic) bond motifs is 1. The van der Waals surface area contributed by atoms with E-state index in [0.717, 1.165) is 10.6 Å². The number of amides is 1. The summed E-state index contributed by atoms with van der Waals surface area (Å²) in [7, 11) is -3.76. The molecule has 0 unspecified atom stereocenters. The highest BCUT2D eigenvalue weighted by atomic mass is 32.2. The third-order valence-electron chi connectivity index (χ3n) is 4.38. The Morgan fingerprint density at radius 3 is 2.54 bits per heavy atom. The van der Waals surface area contributed by atoms with Crippen LogP contribution in [0.1, 0.15) is 11.1 Å². The zero-order valence-corrected chi connectivity index (χ0v) is 16.5. The zero-order valence-electron chi connectivity index (χ0n) is 14.9. The number of nitrogens with one attached hydrogen (secondary N) is 2. The molecule has 1 aliphatic rings. The van der Waals surface area contributed by atoms with Crippen LogP contribution in [0, 0.1) is 0 Å². The summed E-state index contributed by atoms with van der Waals surface area (Å²) in [5.41, 5.74) is 3.07. The van der Waals surface area contributed by atoms with E-state index in [2.05, 4.69) is 10.0 Å². The van der Waals surface area contributed by atoms with E-state index in [1.807, 2.05) is 42.5 Å². The molecular weight excluding hydrogens is 392 g/mol. The first-order valence-corrected chi connectivity index (χ1v) is 11.2. The Labute approximate surface area is 168 Å². The molecule has 0 spiro atoms. The van der Waals surface area contributed by atoms with Crippen LogP contribution in [0.3, 0.4) is 0 Å². The molecule has 3 aromatic rings. The van der Waals surface area contributed by atoms with Crippen molar-refractivity contribution in [1.82, 2.24) is 0 Å². The molecule has 1 amide bonds. The fourth-order valence-corrected chi connectivity index (χ4v) is 5.15. The number of hydrogen-bond acceptors (Lipinski definition) is 4. The molecule has 3 aromatic carbocycles. The van der Waals surface area contributed by atoms with Gasteiger partial charge in [-0.3, -0.25) is 9.52 Å². The van der Waals surface area contributed by atoms with Crippen molar-refractivity contribution >= 4 is 39.1 Å². The number of para-hydroxylation sites is 1. The van der Waals surface area contributed by atoms with Crippen molar-refractivity contribution in [2.24, 2.45) is 0 Å². The first-order valence-electron chi connectivity index (χ1n) is 8.73. The van der Waals surface area contributed by atoms with Gasteiger partial charge in [0.25, 0.3) is 10.0 Å². The minimum absolute atomic E-state index is 0.125. The Kier molecular flexibility index (Phi) is 5.11. The summed E-state index contributed by atoms with van der Waals surface area (Å²) >= 11 is 1.57. The number of benzene rings is 3. The average molecular weight is 411 g/mol. The summed E-state index contributed by atoms with van der Waals surface area (Å²) in [6.07, 6.45) is 0.197. The highest BCUT2D eigenvalue weighted by molar-refractivity contribution is 7.98. The van der Waals surface area contributed by atoms with Gasteiger partial charge in [-0.15, -0.1) is 11.8 Å². The molecule has 0 fully saturated rings. The van der Waals surface area contributed by atoms with Gasteiger partial charge in [0, 0.05) is 16.3 Å². The molecule has 0 saturated carbocycles. The molecule has 0 aromatic heterocycles. The predicted octanol–water partition coefficient (Wildman–Crippen LogP) is 4.27. The van der Waals surface area contributed by atoms with E-state index in [1.54, 1.807) is 36.0 Å². The lowest BCUT2D eigenvalue weighted by molar-refractivity contribution is -0.115. The Hall–Kier alpha value is -2.77. The normalized spacial score (nSPS) is 13.1. The van der Waals surface area contributed by atoms with Crippen molar-refractivity contribution in [3.8, 4) is 0 Å². The van der Waals surface area contributed by atoms with E-state index in [0.29, 0.717) is 16.9 Å². The van der Waals surface area contributed by atoms with Crippen molar-refractivity contribution in [3.63, 3.8) is 0 Å². The number of sulfonamides is 1. The standard InChI is InChI=1S/C21H18N2O3S2/c24-21-13-16-12-17(10-11-18(16)22-21)28(25,26)23-19-8-4-5-9-20(19)27-14-15-6-2-1-3-7-15/h1-12,23H,13-14H2,(H,22,24). The molecule has 142 valence electrons. The van der Waals surface area contributed by atoms with E-state index in [1.165, 1.54) is 11.6 Å². The highest BCUT2D eigenvalue weighted by Crippen LogP contribution is 2.32. The molecule has 0 aliphatic carbocycles. The van der Waals surface area contributed by atoms with E-state index < -0.39 is 10.0 Å². The van der Waals surface area contributed by atoms with Crippen molar-refractivity contribution in [3.05, 3.63) is 83.9 Å². The summed E-state index contributed by atoms with van der Waals surface area (Å²) in [6, 6.07) is 22.0. The molecule has 0 radical (unpaired) electrons. The van der Waals surface area contributed by atoms with Crippen molar-refractivity contribution in [2.45, 2.75) is 22.0 Å². The number of hydrogen-bond donors (Lipinski definition) is 2. The summed E-state index contributed by atoms with van der Waals surface area (Å²) in [5, 5.41) is 2.71. The molecule has 28 heavy (non-hydrogen) atoms. The predicted molar refractivity (Wildman–Crippen MR) is 112 cm³/mol. The van der Waals surface area contributed by atoms with Gasteiger partial charge >= 0.3 is 0 Å². The number of anilines is 2. The number of thioether (sulfide) groups is 1. The summed E-state index contributed by atoms with van der Waals surface area (Å²) < 4.78 is 28.5. The van der Waals surface area contributed by atoms with E-state index in [4.69, 9.17) is 0 Å². The molecule has 1 aliphatic heterocycles. The van der Waals surface area contributed by atoms with Gasteiger partial charge in [0.15, 0.2) is 0 Å². The van der Waals surface area contributed by atoms with Gasteiger partial charge in [-0.25, -0.2) is 8.42 Å². The molecule has 0 atom stereocenters. The molecule has 0 saturated heterocycles. The molecule has 4 rings (SSSR count). The first-order chi connectivity index (χ1) is 13.5. The lowest BCUT2D eigenvalue weighted by atomic mass is 10.2. The quantitative estimate of drug-likeness (QED) is 0.595. The largest absolute Gasteiger partial charge is 0.326 e. The van der Waals surface area contributed by atoms with Gasteiger partial charge in [0.1, 0.15) is 0 Å². The van der Waals surface area contributed by atoms with Gasteiger partial charge in [-0.2, -0.15) is 0 Å². The Morgan fingerprint density at radius 2 is 1.71 bits per heavy atom. The van der Waals surface area contributed by atoms with Crippen LogP contribution < -0.4 is 10.0 Å². The Morgan fingerprint density at radius 1 is 0.964 bits per heavy atom. The first kappa shape index (κ1) is 18.6. The number of rotatable bonds is 6. The van der Waals surface area contributed by atoms with Crippen LogP contribution in [0.5, 0.6) is 0 Å². The molecule has 7 heteroatoms. The maximum atomic E-state index is 12.9. The summed E-state index contributed by atoms with van der Waals surface area (Å²) in [4.78, 5) is 12.5. The molecular formula is C21H18N2O3S2. The van der Waals surface area contributed by atoms with Crippen LogP contribution in [0.4, 0.5) is 11.4 Å². The van der Waals surface area contributed by atoms with Crippen LogP contribution >= 0.6 is 11.8 Å². The Balaban J connectivity index is 1.55. The van der Waals surface area contributed by atoms with Crippen molar-refractivity contribution in [1.29, 1.82) is 0 Å². The maximum Gasteiger partial charge on any atom is 0.261 e. The van der Waals surface area contributed by atoms with E-state index in [-0.39, 0.29) is 17.2 Å². The van der Waals surface area contributed by atoms with Gasteiger partial charge in [-0.1, -0.05) is 42.5 Å². The SMILES string of the molecule is O=C1Cc2cc(S(=O)(=O)Nc3ccccc3SCc3ccccc3)ccc2N1. The van der Waals surface area contributed by atoms with Crippen molar-refractivity contribution in [2.75, 3.05) is 10.0 Å². The molecule has 5 nitrogen and oxygen atoms in total. The smallest absolute Gasteiger partial charge is 0.261 e. The van der Waals surface area contributed by atoms with Crippen LogP contribution in [-0.2, 0) is 27.0 Å².